The van der Waals surface area contributed by atoms with Gasteiger partial charge in [-0.1, -0.05) is 38.1 Å². The van der Waals surface area contributed by atoms with Crippen molar-refractivity contribution in [3.05, 3.63) is 64.1 Å². The quantitative estimate of drug-likeness (QED) is 0.584. The number of nitrogens with one attached hydrogen (secondary N) is 1. The van der Waals surface area contributed by atoms with E-state index in [4.69, 9.17) is 0 Å². The molecule has 1 aliphatic heterocycles. The maximum absolute atomic E-state index is 12.7. The molecule has 1 fully saturated rings. The summed E-state index contributed by atoms with van der Waals surface area (Å²) in [5.41, 5.74) is 1.80. The number of pyridine rings is 1. The van der Waals surface area contributed by atoms with Crippen LogP contribution in [-0.2, 0) is 34.5 Å². The van der Waals surface area contributed by atoms with E-state index in [9.17, 15) is 18.0 Å². The Hall–Kier alpha value is -2.49. The summed E-state index contributed by atoms with van der Waals surface area (Å²) in [6, 6.07) is 10.5. The highest BCUT2D eigenvalue weighted by atomic mass is 32.2. The highest BCUT2D eigenvalue weighted by Gasteiger charge is 2.22. The number of carbonyl (C=O) groups excluding carboxylic acids is 1. The van der Waals surface area contributed by atoms with Crippen molar-refractivity contribution in [1.82, 2.24) is 19.1 Å². The van der Waals surface area contributed by atoms with Gasteiger partial charge in [0, 0.05) is 38.4 Å². The number of sulfonamides is 1. The molecule has 0 radical (unpaired) electrons. The molecule has 0 spiro atoms. The summed E-state index contributed by atoms with van der Waals surface area (Å²) in [5.74, 6) is -0.347. The molecule has 0 unspecified atom stereocenters. The Morgan fingerprint density at radius 3 is 2.34 bits per heavy atom. The molecule has 1 N–H and O–H groups in total. The number of hydrogen-bond donors (Lipinski definition) is 1. The topological polar surface area (TPSA) is 91.7 Å². The second kappa shape index (κ2) is 10.9. The van der Waals surface area contributed by atoms with Gasteiger partial charge in [-0.3, -0.25) is 14.5 Å². The number of benzene rings is 1. The number of nitrogens with zero attached hydrogens (tertiary/aromatic N) is 3. The zero-order chi connectivity index (χ0) is 23.1. The fourth-order valence-corrected chi connectivity index (χ4v) is 5.45. The summed E-state index contributed by atoms with van der Waals surface area (Å²) in [6.45, 7) is 7.33. The van der Waals surface area contributed by atoms with Crippen LogP contribution in [-0.4, -0.2) is 54.3 Å². The average molecular weight is 461 g/mol. The Balaban J connectivity index is 1.68. The van der Waals surface area contributed by atoms with Gasteiger partial charge in [0.1, 0.15) is 6.54 Å². The normalized spacial score (nSPS) is 14.7. The first-order valence-corrected chi connectivity index (χ1v) is 12.6. The third kappa shape index (κ3) is 5.85. The SMILES string of the molecule is CCN(CC)S(=O)(=O)c1ccc(=O)n(CC(=O)NCc2ccccc2CN2CCCC2)c1. The molecule has 0 bridgehead atoms. The van der Waals surface area contributed by atoms with Gasteiger partial charge < -0.3 is 9.88 Å². The molecular formula is C23H32N4O4S. The molecule has 2 aromatic rings. The van der Waals surface area contributed by atoms with Gasteiger partial charge in [0.15, 0.2) is 0 Å². The number of carbonyl (C=O) groups is 1. The molecule has 3 rings (SSSR count). The minimum Gasteiger partial charge on any atom is -0.350 e. The number of hydrogen-bond acceptors (Lipinski definition) is 5. The highest BCUT2D eigenvalue weighted by molar-refractivity contribution is 7.89. The van der Waals surface area contributed by atoms with Crippen molar-refractivity contribution in [2.75, 3.05) is 26.2 Å². The van der Waals surface area contributed by atoms with Gasteiger partial charge in [-0.25, -0.2) is 8.42 Å². The van der Waals surface area contributed by atoms with Crippen LogP contribution in [0.4, 0.5) is 0 Å². The number of amides is 1. The molecule has 1 aromatic heterocycles. The molecule has 8 nitrogen and oxygen atoms in total. The molecular weight excluding hydrogens is 428 g/mol. The van der Waals surface area contributed by atoms with Crippen LogP contribution < -0.4 is 10.9 Å². The standard InChI is InChI=1S/C23H32N4O4S/c1-3-27(4-2)32(30,31)21-11-12-23(29)26(17-21)18-22(28)24-15-19-9-5-6-10-20(19)16-25-13-7-8-14-25/h5-6,9-12,17H,3-4,7-8,13-16,18H2,1-2H3,(H,24,28). The van der Waals surface area contributed by atoms with E-state index in [0.717, 1.165) is 29.8 Å². The van der Waals surface area contributed by atoms with E-state index in [2.05, 4.69) is 16.3 Å². The van der Waals surface area contributed by atoms with E-state index in [1.165, 1.54) is 41.0 Å². The molecule has 1 amide bonds. The van der Waals surface area contributed by atoms with Crippen LogP contribution in [0.25, 0.3) is 0 Å². The minimum atomic E-state index is -3.71. The Morgan fingerprint density at radius 2 is 1.69 bits per heavy atom. The maximum Gasteiger partial charge on any atom is 0.251 e. The lowest BCUT2D eigenvalue weighted by Crippen LogP contribution is -2.34. The van der Waals surface area contributed by atoms with Crippen LogP contribution in [0, 0.1) is 0 Å². The summed E-state index contributed by atoms with van der Waals surface area (Å²) in [4.78, 5) is 27.2. The van der Waals surface area contributed by atoms with Crippen LogP contribution in [0.15, 0.2) is 52.3 Å². The van der Waals surface area contributed by atoms with Crippen molar-refractivity contribution in [3.63, 3.8) is 0 Å². The molecule has 9 heteroatoms. The monoisotopic (exact) mass is 460 g/mol. The lowest BCUT2D eigenvalue weighted by atomic mass is 10.1. The minimum absolute atomic E-state index is 0.00422. The van der Waals surface area contributed by atoms with Crippen LogP contribution in [0.5, 0.6) is 0 Å². The smallest absolute Gasteiger partial charge is 0.251 e. The van der Waals surface area contributed by atoms with E-state index < -0.39 is 15.6 Å². The number of likely N-dealkylation sites (tertiary alicyclic amines) is 1. The first-order chi connectivity index (χ1) is 15.3. The maximum atomic E-state index is 12.7. The zero-order valence-corrected chi connectivity index (χ0v) is 19.6. The van der Waals surface area contributed by atoms with Gasteiger partial charge in [-0.2, -0.15) is 4.31 Å². The third-order valence-electron chi connectivity index (χ3n) is 5.80. The fourth-order valence-electron chi connectivity index (χ4n) is 3.97. The van der Waals surface area contributed by atoms with Gasteiger partial charge in [-0.05, 0) is 43.1 Å². The lowest BCUT2D eigenvalue weighted by molar-refractivity contribution is -0.121. The Morgan fingerprint density at radius 1 is 1.03 bits per heavy atom. The predicted octanol–water partition coefficient (Wildman–Crippen LogP) is 1.79. The molecule has 0 atom stereocenters. The number of rotatable bonds is 10. The zero-order valence-electron chi connectivity index (χ0n) is 18.8. The Labute approximate surface area is 189 Å². The van der Waals surface area contributed by atoms with Crippen LogP contribution >= 0.6 is 0 Å². The second-order valence-corrected chi connectivity index (χ2v) is 9.89. The van der Waals surface area contributed by atoms with Crippen LogP contribution in [0.1, 0.15) is 37.8 Å². The summed E-state index contributed by atoms with van der Waals surface area (Å²) in [6.07, 6.45) is 3.68. The molecule has 174 valence electrons. The average Bonchev–Trinajstić information content (AvgIpc) is 3.28. The predicted molar refractivity (Wildman–Crippen MR) is 124 cm³/mol. The van der Waals surface area contributed by atoms with Crippen molar-refractivity contribution >= 4 is 15.9 Å². The van der Waals surface area contributed by atoms with Gasteiger partial charge in [0.25, 0.3) is 5.56 Å². The van der Waals surface area contributed by atoms with E-state index in [1.807, 2.05) is 18.2 Å². The van der Waals surface area contributed by atoms with Gasteiger partial charge in [0.05, 0.1) is 4.90 Å². The van der Waals surface area contributed by atoms with Crippen LogP contribution in [0.2, 0.25) is 0 Å². The second-order valence-electron chi connectivity index (χ2n) is 7.95. The van der Waals surface area contributed by atoms with Crippen molar-refractivity contribution in [2.24, 2.45) is 0 Å². The van der Waals surface area contributed by atoms with Crippen molar-refractivity contribution in [1.29, 1.82) is 0 Å². The van der Waals surface area contributed by atoms with E-state index in [1.54, 1.807) is 13.8 Å². The molecule has 32 heavy (non-hydrogen) atoms. The van der Waals surface area contributed by atoms with E-state index in [0.29, 0.717) is 19.6 Å². The summed E-state index contributed by atoms with van der Waals surface area (Å²) >= 11 is 0. The largest absolute Gasteiger partial charge is 0.350 e. The summed E-state index contributed by atoms with van der Waals surface area (Å²) < 4.78 is 27.9. The molecule has 0 saturated carbocycles. The molecule has 0 aliphatic carbocycles. The van der Waals surface area contributed by atoms with Crippen LogP contribution in [0.3, 0.4) is 0 Å². The Bertz CT molecular complexity index is 1090. The Kier molecular flexibility index (Phi) is 8.22. The molecule has 2 heterocycles. The molecule has 1 aromatic carbocycles. The molecule has 1 saturated heterocycles. The lowest BCUT2D eigenvalue weighted by Gasteiger charge is -2.19. The van der Waals surface area contributed by atoms with Gasteiger partial charge in [-0.15, -0.1) is 0 Å². The van der Waals surface area contributed by atoms with E-state index in [-0.39, 0.29) is 17.3 Å². The number of aromatic nitrogens is 1. The van der Waals surface area contributed by atoms with Gasteiger partial charge >= 0.3 is 0 Å². The van der Waals surface area contributed by atoms with Crippen molar-refractivity contribution < 1.29 is 13.2 Å². The summed E-state index contributed by atoms with van der Waals surface area (Å²) in [7, 11) is -3.71. The summed E-state index contributed by atoms with van der Waals surface area (Å²) in [5, 5.41) is 2.87. The van der Waals surface area contributed by atoms with Crippen molar-refractivity contribution in [2.45, 2.75) is 51.2 Å². The molecule has 1 aliphatic rings. The van der Waals surface area contributed by atoms with Crippen molar-refractivity contribution in [3.8, 4) is 0 Å². The highest BCUT2D eigenvalue weighted by Crippen LogP contribution is 2.16. The van der Waals surface area contributed by atoms with Gasteiger partial charge in [0.2, 0.25) is 15.9 Å². The first kappa shape index (κ1) is 24.2. The third-order valence-corrected chi connectivity index (χ3v) is 7.83. The first-order valence-electron chi connectivity index (χ1n) is 11.1. The van der Waals surface area contributed by atoms with E-state index >= 15 is 0 Å². The fraction of sp³-hybridized carbons (Fsp3) is 0.478.